The highest BCUT2D eigenvalue weighted by molar-refractivity contribution is 5.25. The number of nitrogens with zero attached hydrogens (tertiary/aromatic N) is 2. The summed E-state index contributed by atoms with van der Waals surface area (Å²) >= 11 is 0. The zero-order valence-corrected chi connectivity index (χ0v) is 11.9. The molecule has 1 aliphatic rings. The highest BCUT2D eigenvalue weighted by atomic mass is 19.1. The quantitative estimate of drug-likeness (QED) is 0.881. The van der Waals surface area contributed by atoms with Crippen molar-refractivity contribution in [2.24, 2.45) is 5.73 Å². The lowest BCUT2D eigenvalue weighted by Gasteiger charge is -2.26. The second-order valence-electron chi connectivity index (χ2n) is 5.57. The van der Waals surface area contributed by atoms with Gasteiger partial charge in [0.15, 0.2) is 0 Å². The van der Waals surface area contributed by atoms with Crippen molar-refractivity contribution in [3.05, 3.63) is 35.1 Å². The molecule has 1 aliphatic heterocycles. The molecule has 1 atom stereocenters. The number of rotatable bonds is 5. The van der Waals surface area contributed by atoms with Crippen LogP contribution in [0, 0.1) is 5.82 Å². The number of nitrogens with two attached hydrogens (primary N) is 1. The summed E-state index contributed by atoms with van der Waals surface area (Å²) in [7, 11) is 4.22. The summed E-state index contributed by atoms with van der Waals surface area (Å²) in [4.78, 5) is 4.59. The van der Waals surface area contributed by atoms with Gasteiger partial charge in [-0.3, -0.25) is 0 Å². The summed E-state index contributed by atoms with van der Waals surface area (Å²) in [6, 6.07) is 6.09. The minimum atomic E-state index is -0.142. The Hall–Kier alpha value is -0.970. The molecule has 1 heterocycles. The first-order chi connectivity index (χ1) is 9.11. The van der Waals surface area contributed by atoms with Crippen LogP contribution in [0.2, 0.25) is 0 Å². The van der Waals surface area contributed by atoms with Crippen molar-refractivity contribution < 1.29 is 4.39 Å². The van der Waals surface area contributed by atoms with E-state index in [0.717, 1.165) is 12.1 Å². The van der Waals surface area contributed by atoms with E-state index in [4.69, 9.17) is 5.73 Å². The Kier molecular flexibility index (Phi) is 4.91. The SMILES string of the molecule is CN(Cc1cccc(CN)c1F)CC1CCCN1C. The van der Waals surface area contributed by atoms with Gasteiger partial charge in [-0.2, -0.15) is 0 Å². The van der Waals surface area contributed by atoms with Crippen molar-refractivity contribution in [1.29, 1.82) is 0 Å². The normalized spacial score (nSPS) is 20.4. The van der Waals surface area contributed by atoms with Crippen molar-refractivity contribution in [3.63, 3.8) is 0 Å². The molecule has 1 aromatic rings. The third-order valence-corrected chi connectivity index (χ3v) is 4.01. The van der Waals surface area contributed by atoms with Gasteiger partial charge in [0, 0.05) is 36.8 Å². The van der Waals surface area contributed by atoms with Crippen LogP contribution in [0.1, 0.15) is 24.0 Å². The van der Waals surface area contributed by atoms with E-state index < -0.39 is 0 Å². The van der Waals surface area contributed by atoms with Gasteiger partial charge in [-0.15, -0.1) is 0 Å². The molecule has 1 aromatic carbocycles. The predicted octanol–water partition coefficient (Wildman–Crippen LogP) is 1.81. The average molecular weight is 265 g/mol. The van der Waals surface area contributed by atoms with Gasteiger partial charge < -0.3 is 15.5 Å². The number of halogens is 1. The summed E-state index contributed by atoms with van der Waals surface area (Å²) in [5, 5.41) is 0. The third kappa shape index (κ3) is 3.53. The van der Waals surface area contributed by atoms with Gasteiger partial charge in [0.05, 0.1) is 0 Å². The lowest BCUT2D eigenvalue weighted by molar-refractivity contribution is 0.214. The standard InChI is InChI=1S/C15H24FN3/c1-18(11-14-7-4-8-19(14)2)10-13-6-3-5-12(9-17)15(13)16/h3,5-6,14H,4,7-11,17H2,1-2H3. The van der Waals surface area contributed by atoms with Crippen LogP contribution in [-0.4, -0.2) is 43.0 Å². The maximum Gasteiger partial charge on any atom is 0.132 e. The van der Waals surface area contributed by atoms with E-state index in [9.17, 15) is 4.39 Å². The van der Waals surface area contributed by atoms with Gasteiger partial charge >= 0.3 is 0 Å². The molecule has 106 valence electrons. The first-order valence-corrected chi connectivity index (χ1v) is 6.97. The van der Waals surface area contributed by atoms with E-state index >= 15 is 0 Å². The van der Waals surface area contributed by atoms with Crippen molar-refractivity contribution in [1.82, 2.24) is 9.80 Å². The first-order valence-electron chi connectivity index (χ1n) is 6.97. The number of likely N-dealkylation sites (tertiary alicyclic amines) is 1. The molecule has 0 amide bonds. The smallest absolute Gasteiger partial charge is 0.132 e. The minimum absolute atomic E-state index is 0.142. The monoisotopic (exact) mass is 265 g/mol. The van der Waals surface area contributed by atoms with Crippen molar-refractivity contribution >= 4 is 0 Å². The maximum absolute atomic E-state index is 14.1. The van der Waals surface area contributed by atoms with Gasteiger partial charge in [0.1, 0.15) is 5.82 Å². The Bertz CT molecular complexity index is 422. The molecule has 0 bridgehead atoms. The van der Waals surface area contributed by atoms with Crippen molar-refractivity contribution in [2.45, 2.75) is 32.0 Å². The van der Waals surface area contributed by atoms with E-state index in [1.807, 2.05) is 12.1 Å². The molecule has 0 aliphatic carbocycles. The molecule has 0 spiro atoms. The topological polar surface area (TPSA) is 32.5 Å². The molecule has 1 fully saturated rings. The zero-order valence-electron chi connectivity index (χ0n) is 11.9. The van der Waals surface area contributed by atoms with E-state index in [0.29, 0.717) is 18.2 Å². The van der Waals surface area contributed by atoms with Gasteiger partial charge in [-0.05, 0) is 33.5 Å². The molecule has 0 saturated carbocycles. The molecule has 2 rings (SSSR count). The van der Waals surface area contributed by atoms with Crippen LogP contribution in [0.3, 0.4) is 0 Å². The molecule has 0 aromatic heterocycles. The number of hydrogen-bond donors (Lipinski definition) is 1. The van der Waals surface area contributed by atoms with Crippen LogP contribution in [0.4, 0.5) is 4.39 Å². The van der Waals surface area contributed by atoms with Crippen LogP contribution in [-0.2, 0) is 13.1 Å². The number of benzene rings is 1. The maximum atomic E-state index is 14.1. The summed E-state index contributed by atoms with van der Waals surface area (Å²) < 4.78 is 14.1. The highest BCUT2D eigenvalue weighted by Gasteiger charge is 2.22. The molecule has 2 N–H and O–H groups in total. The average Bonchev–Trinajstić information content (AvgIpc) is 2.78. The molecular weight excluding hydrogens is 241 g/mol. The molecular formula is C15H24FN3. The lowest BCUT2D eigenvalue weighted by Crippen LogP contribution is -2.36. The van der Waals surface area contributed by atoms with Crippen LogP contribution in [0.15, 0.2) is 18.2 Å². The second kappa shape index (κ2) is 6.46. The Morgan fingerprint density at radius 2 is 2.16 bits per heavy atom. The number of likely N-dealkylation sites (N-methyl/N-ethyl adjacent to an activating group) is 2. The fourth-order valence-corrected chi connectivity index (χ4v) is 2.84. The molecule has 1 unspecified atom stereocenters. The van der Waals surface area contributed by atoms with Gasteiger partial charge in [-0.1, -0.05) is 18.2 Å². The molecule has 0 radical (unpaired) electrons. The second-order valence-corrected chi connectivity index (χ2v) is 5.57. The van der Waals surface area contributed by atoms with E-state index in [2.05, 4.69) is 23.9 Å². The molecule has 3 nitrogen and oxygen atoms in total. The molecule has 19 heavy (non-hydrogen) atoms. The Morgan fingerprint density at radius 3 is 2.79 bits per heavy atom. The van der Waals surface area contributed by atoms with E-state index in [1.54, 1.807) is 6.07 Å². The molecule has 4 heteroatoms. The van der Waals surface area contributed by atoms with Crippen molar-refractivity contribution in [2.75, 3.05) is 27.2 Å². The highest BCUT2D eigenvalue weighted by Crippen LogP contribution is 2.18. The van der Waals surface area contributed by atoms with Gasteiger partial charge in [-0.25, -0.2) is 4.39 Å². The Balaban J connectivity index is 1.96. The Labute approximate surface area is 115 Å². The van der Waals surface area contributed by atoms with E-state index in [-0.39, 0.29) is 12.4 Å². The summed E-state index contributed by atoms with van der Waals surface area (Å²) in [5.41, 5.74) is 6.88. The fraction of sp³-hybridized carbons (Fsp3) is 0.600. The largest absolute Gasteiger partial charge is 0.326 e. The van der Waals surface area contributed by atoms with Crippen LogP contribution < -0.4 is 5.73 Å². The predicted molar refractivity (Wildman–Crippen MR) is 76.3 cm³/mol. The fourth-order valence-electron chi connectivity index (χ4n) is 2.84. The third-order valence-electron chi connectivity index (χ3n) is 4.01. The first kappa shape index (κ1) is 14.4. The lowest BCUT2D eigenvalue weighted by atomic mass is 10.1. The summed E-state index contributed by atoms with van der Waals surface area (Å²) in [6.45, 7) is 3.07. The minimum Gasteiger partial charge on any atom is -0.326 e. The summed E-state index contributed by atoms with van der Waals surface area (Å²) in [6.07, 6.45) is 2.51. The van der Waals surface area contributed by atoms with Crippen LogP contribution in [0.25, 0.3) is 0 Å². The van der Waals surface area contributed by atoms with Crippen molar-refractivity contribution in [3.8, 4) is 0 Å². The zero-order chi connectivity index (χ0) is 13.8. The van der Waals surface area contributed by atoms with Gasteiger partial charge in [0.2, 0.25) is 0 Å². The van der Waals surface area contributed by atoms with Gasteiger partial charge in [0.25, 0.3) is 0 Å². The summed E-state index contributed by atoms with van der Waals surface area (Å²) in [5.74, 6) is -0.142. The Morgan fingerprint density at radius 1 is 1.42 bits per heavy atom. The molecule has 1 saturated heterocycles. The van der Waals surface area contributed by atoms with E-state index in [1.165, 1.54) is 19.4 Å². The van der Waals surface area contributed by atoms with Crippen LogP contribution >= 0.6 is 0 Å². The number of hydrogen-bond acceptors (Lipinski definition) is 3. The van der Waals surface area contributed by atoms with Crippen LogP contribution in [0.5, 0.6) is 0 Å².